The first-order valence-electron chi connectivity index (χ1n) is 8.04. The van der Waals surface area contributed by atoms with Crippen molar-refractivity contribution in [1.29, 1.82) is 0 Å². The van der Waals surface area contributed by atoms with Gasteiger partial charge in [-0.2, -0.15) is 0 Å². The van der Waals surface area contributed by atoms with Crippen molar-refractivity contribution in [2.75, 3.05) is 13.1 Å². The normalized spacial score (nSPS) is 12.4. The zero-order valence-corrected chi connectivity index (χ0v) is 16.9. The van der Waals surface area contributed by atoms with E-state index in [1.165, 1.54) is 6.07 Å². The summed E-state index contributed by atoms with van der Waals surface area (Å²) in [6.45, 7) is 6.87. The minimum Gasteiger partial charge on any atom is -0.464 e. The van der Waals surface area contributed by atoms with Crippen LogP contribution in [0.3, 0.4) is 0 Å². The van der Waals surface area contributed by atoms with Crippen molar-refractivity contribution in [3.63, 3.8) is 0 Å². The van der Waals surface area contributed by atoms with Gasteiger partial charge in [-0.1, -0.05) is 0 Å². The summed E-state index contributed by atoms with van der Waals surface area (Å²) in [7, 11) is 0. The lowest BCUT2D eigenvalue weighted by atomic mass is 10.1. The third-order valence-corrected chi connectivity index (χ3v) is 3.54. The van der Waals surface area contributed by atoms with E-state index in [0.29, 0.717) is 31.0 Å². The second-order valence-corrected chi connectivity index (χ2v) is 5.56. The zero-order valence-electron chi connectivity index (χ0n) is 14.6. The third kappa shape index (κ3) is 6.64. The molecule has 1 heterocycles. The topological polar surface area (TPSA) is 49.6 Å². The number of furan rings is 1. The SMILES string of the molecule is CCNC(=NCCc1cc(F)ccc1F)NC(C)c1ccc(C)o1.I. The second kappa shape index (κ2) is 10.4. The van der Waals surface area contributed by atoms with Gasteiger partial charge in [0.25, 0.3) is 0 Å². The maximum absolute atomic E-state index is 13.6. The predicted octanol–water partition coefficient (Wildman–Crippen LogP) is 4.34. The zero-order chi connectivity index (χ0) is 17.5. The predicted molar refractivity (Wildman–Crippen MR) is 106 cm³/mol. The van der Waals surface area contributed by atoms with E-state index in [1.54, 1.807) is 0 Å². The first kappa shape index (κ1) is 21.4. The van der Waals surface area contributed by atoms with Gasteiger partial charge in [-0.25, -0.2) is 8.78 Å². The van der Waals surface area contributed by atoms with Gasteiger partial charge >= 0.3 is 0 Å². The van der Waals surface area contributed by atoms with Crippen LogP contribution in [0.15, 0.2) is 39.7 Å². The summed E-state index contributed by atoms with van der Waals surface area (Å²) >= 11 is 0. The number of hydrogen-bond donors (Lipinski definition) is 2. The summed E-state index contributed by atoms with van der Waals surface area (Å²) in [5.74, 6) is 1.42. The number of aryl methyl sites for hydroxylation is 1. The smallest absolute Gasteiger partial charge is 0.191 e. The van der Waals surface area contributed by atoms with E-state index in [1.807, 2.05) is 32.9 Å². The van der Waals surface area contributed by atoms with E-state index < -0.39 is 11.6 Å². The Kier molecular flexibility index (Phi) is 8.88. The molecule has 2 aromatic rings. The number of benzene rings is 1. The lowest BCUT2D eigenvalue weighted by Crippen LogP contribution is -2.38. The molecule has 4 nitrogen and oxygen atoms in total. The fourth-order valence-electron chi connectivity index (χ4n) is 2.31. The summed E-state index contributed by atoms with van der Waals surface area (Å²) in [4.78, 5) is 4.42. The van der Waals surface area contributed by atoms with Crippen LogP contribution >= 0.6 is 24.0 Å². The summed E-state index contributed by atoms with van der Waals surface area (Å²) < 4.78 is 32.4. The van der Waals surface area contributed by atoms with E-state index in [-0.39, 0.29) is 30.0 Å². The van der Waals surface area contributed by atoms with Crippen molar-refractivity contribution in [3.8, 4) is 0 Å². The second-order valence-electron chi connectivity index (χ2n) is 5.56. The maximum atomic E-state index is 13.6. The van der Waals surface area contributed by atoms with Crippen molar-refractivity contribution < 1.29 is 13.2 Å². The Hall–Kier alpha value is -1.64. The number of nitrogens with one attached hydrogen (secondary N) is 2. The minimum atomic E-state index is -0.442. The molecule has 2 N–H and O–H groups in total. The van der Waals surface area contributed by atoms with Crippen LogP contribution in [0.5, 0.6) is 0 Å². The van der Waals surface area contributed by atoms with E-state index in [4.69, 9.17) is 4.42 Å². The van der Waals surface area contributed by atoms with E-state index in [0.717, 1.165) is 23.7 Å². The van der Waals surface area contributed by atoms with Gasteiger partial charge in [-0.05, 0) is 63.1 Å². The molecule has 0 saturated heterocycles. The van der Waals surface area contributed by atoms with Gasteiger partial charge in [0.05, 0.1) is 6.04 Å². The molecule has 1 atom stereocenters. The lowest BCUT2D eigenvalue weighted by molar-refractivity contribution is 0.441. The van der Waals surface area contributed by atoms with Crippen LogP contribution < -0.4 is 10.6 Å². The first-order chi connectivity index (χ1) is 11.5. The molecule has 1 aromatic heterocycles. The summed E-state index contributed by atoms with van der Waals surface area (Å²) in [5, 5.41) is 6.37. The molecule has 0 aliphatic carbocycles. The Labute approximate surface area is 164 Å². The Bertz CT molecular complexity index is 703. The highest BCUT2D eigenvalue weighted by Gasteiger charge is 2.11. The quantitative estimate of drug-likeness (QED) is 0.381. The Morgan fingerprint density at radius 2 is 2.00 bits per heavy atom. The molecular formula is C18H24F2IN3O. The van der Waals surface area contributed by atoms with Crippen molar-refractivity contribution in [3.05, 3.63) is 59.1 Å². The van der Waals surface area contributed by atoms with Gasteiger partial charge in [0.2, 0.25) is 0 Å². The van der Waals surface area contributed by atoms with Gasteiger partial charge in [-0.15, -0.1) is 24.0 Å². The molecular weight excluding hydrogens is 439 g/mol. The standard InChI is InChI=1S/C18H23F2N3O.HI/c1-4-21-18(23-13(3)17-8-5-12(2)24-17)22-10-9-14-11-15(19)6-7-16(14)20;/h5-8,11,13H,4,9-10H2,1-3H3,(H2,21,22,23);1H. The highest BCUT2D eigenvalue weighted by atomic mass is 127. The summed E-state index contributed by atoms with van der Waals surface area (Å²) in [6, 6.07) is 7.23. The molecule has 0 radical (unpaired) electrons. The molecule has 0 amide bonds. The number of nitrogens with zero attached hydrogens (tertiary/aromatic N) is 1. The lowest BCUT2D eigenvalue weighted by Gasteiger charge is -2.16. The highest BCUT2D eigenvalue weighted by Crippen LogP contribution is 2.15. The fraction of sp³-hybridized carbons (Fsp3) is 0.389. The molecule has 0 aliphatic heterocycles. The molecule has 0 aliphatic rings. The van der Waals surface area contributed by atoms with E-state index >= 15 is 0 Å². The van der Waals surface area contributed by atoms with Gasteiger partial charge in [-0.3, -0.25) is 4.99 Å². The number of aliphatic imine (C=N–C) groups is 1. The van der Waals surface area contributed by atoms with Crippen LogP contribution in [0.4, 0.5) is 8.78 Å². The molecule has 25 heavy (non-hydrogen) atoms. The van der Waals surface area contributed by atoms with Gasteiger partial charge in [0, 0.05) is 13.1 Å². The number of hydrogen-bond acceptors (Lipinski definition) is 2. The van der Waals surface area contributed by atoms with Crippen LogP contribution in [-0.2, 0) is 6.42 Å². The number of guanidine groups is 1. The van der Waals surface area contributed by atoms with Crippen LogP contribution in [0, 0.1) is 18.6 Å². The molecule has 0 spiro atoms. The van der Waals surface area contributed by atoms with Gasteiger partial charge in [0.1, 0.15) is 23.2 Å². The fourth-order valence-corrected chi connectivity index (χ4v) is 2.31. The molecule has 1 aromatic carbocycles. The monoisotopic (exact) mass is 463 g/mol. The molecule has 138 valence electrons. The molecule has 0 saturated carbocycles. The highest BCUT2D eigenvalue weighted by molar-refractivity contribution is 14.0. The summed E-state index contributed by atoms with van der Waals surface area (Å²) in [6.07, 6.45) is 0.328. The molecule has 0 bridgehead atoms. The number of halogens is 3. The molecule has 1 unspecified atom stereocenters. The Morgan fingerprint density at radius 1 is 1.24 bits per heavy atom. The number of rotatable bonds is 6. The average Bonchev–Trinajstić information content (AvgIpc) is 2.97. The Morgan fingerprint density at radius 3 is 2.64 bits per heavy atom. The van der Waals surface area contributed by atoms with Crippen molar-refractivity contribution in [1.82, 2.24) is 10.6 Å². The van der Waals surface area contributed by atoms with Crippen molar-refractivity contribution >= 4 is 29.9 Å². The largest absolute Gasteiger partial charge is 0.464 e. The molecule has 2 rings (SSSR count). The third-order valence-electron chi connectivity index (χ3n) is 3.54. The van der Waals surface area contributed by atoms with Crippen molar-refractivity contribution in [2.45, 2.75) is 33.2 Å². The van der Waals surface area contributed by atoms with Crippen LogP contribution in [-0.4, -0.2) is 19.0 Å². The van der Waals surface area contributed by atoms with E-state index in [9.17, 15) is 8.78 Å². The van der Waals surface area contributed by atoms with Crippen LogP contribution in [0.25, 0.3) is 0 Å². The molecule has 0 fully saturated rings. The van der Waals surface area contributed by atoms with Crippen molar-refractivity contribution in [2.24, 2.45) is 4.99 Å². The average molecular weight is 463 g/mol. The van der Waals surface area contributed by atoms with Gasteiger partial charge in [0.15, 0.2) is 5.96 Å². The minimum absolute atomic E-state index is 0. The van der Waals surface area contributed by atoms with Crippen LogP contribution in [0.2, 0.25) is 0 Å². The first-order valence-corrected chi connectivity index (χ1v) is 8.04. The van der Waals surface area contributed by atoms with Crippen LogP contribution in [0.1, 0.15) is 37.0 Å². The maximum Gasteiger partial charge on any atom is 0.191 e. The summed E-state index contributed by atoms with van der Waals surface area (Å²) in [5.41, 5.74) is 0.323. The Balaban J connectivity index is 0.00000312. The molecule has 7 heteroatoms. The van der Waals surface area contributed by atoms with E-state index in [2.05, 4.69) is 15.6 Å². The van der Waals surface area contributed by atoms with Gasteiger partial charge < -0.3 is 15.1 Å².